The first-order chi connectivity index (χ1) is 15.7. The van der Waals surface area contributed by atoms with Crippen LogP contribution in [-0.2, 0) is 5.75 Å². The average molecular weight is 463 g/mol. The van der Waals surface area contributed by atoms with Crippen molar-refractivity contribution < 1.29 is 4.79 Å². The van der Waals surface area contributed by atoms with Gasteiger partial charge in [-0.1, -0.05) is 29.5 Å². The Morgan fingerprint density at radius 3 is 2.56 bits per heavy atom. The topological polar surface area (TPSA) is 76.8 Å². The highest BCUT2D eigenvalue weighted by Crippen LogP contribution is 2.30. The summed E-state index contributed by atoms with van der Waals surface area (Å²) in [6.45, 7) is 3.73. The maximum absolute atomic E-state index is 12.6. The van der Waals surface area contributed by atoms with E-state index in [1.165, 1.54) is 16.9 Å². The van der Waals surface area contributed by atoms with Crippen molar-refractivity contribution >= 4 is 29.0 Å². The second-order valence-electron chi connectivity index (χ2n) is 7.63. The first kappa shape index (κ1) is 20.8. The molecular weight excluding hydrogens is 440 g/mol. The third-order valence-electron chi connectivity index (χ3n) is 5.35. The monoisotopic (exact) mass is 462 g/mol. The van der Waals surface area contributed by atoms with Crippen LogP contribution in [0, 0.1) is 6.92 Å². The molecule has 1 saturated heterocycles. The van der Waals surface area contributed by atoms with Crippen LogP contribution in [0.4, 0.5) is 0 Å². The van der Waals surface area contributed by atoms with Crippen LogP contribution in [0.5, 0.6) is 0 Å². The minimum atomic E-state index is 0.0396. The number of aryl methyl sites for hydroxylation is 1. The number of carbonyl (C=O) groups is 1. The van der Waals surface area contributed by atoms with Crippen molar-refractivity contribution in [2.24, 2.45) is 0 Å². The molecule has 162 valence electrons. The second kappa shape index (κ2) is 9.22. The lowest BCUT2D eigenvalue weighted by molar-refractivity contribution is 0.0787. The van der Waals surface area contributed by atoms with Gasteiger partial charge in [-0.2, -0.15) is 0 Å². The van der Waals surface area contributed by atoms with Gasteiger partial charge in [-0.3, -0.25) is 14.3 Å². The van der Waals surface area contributed by atoms with Crippen molar-refractivity contribution in [1.29, 1.82) is 0 Å². The number of hydrogen-bond donors (Lipinski definition) is 0. The average Bonchev–Trinajstić information content (AvgIpc) is 3.59. The molecule has 7 nitrogen and oxygen atoms in total. The number of aromatic nitrogens is 5. The zero-order valence-corrected chi connectivity index (χ0v) is 19.3. The lowest BCUT2D eigenvalue weighted by Gasteiger charge is -2.12. The smallest absolute Gasteiger partial charge is 0.273 e. The Hall–Kier alpha value is -3.04. The molecule has 1 aromatic carbocycles. The lowest BCUT2D eigenvalue weighted by atomic mass is 10.2. The van der Waals surface area contributed by atoms with Gasteiger partial charge >= 0.3 is 0 Å². The summed E-state index contributed by atoms with van der Waals surface area (Å²) in [5, 5.41) is 12.5. The van der Waals surface area contributed by atoms with E-state index in [0.717, 1.165) is 53.2 Å². The molecule has 1 aliphatic rings. The van der Waals surface area contributed by atoms with E-state index in [4.69, 9.17) is 0 Å². The highest BCUT2D eigenvalue weighted by molar-refractivity contribution is 7.98. The lowest BCUT2D eigenvalue weighted by Crippen LogP contribution is -2.27. The number of thioether (sulfide) groups is 1. The summed E-state index contributed by atoms with van der Waals surface area (Å²) in [5.41, 5.74) is 3.69. The van der Waals surface area contributed by atoms with Gasteiger partial charge in [0.05, 0.1) is 5.75 Å². The van der Waals surface area contributed by atoms with E-state index < -0.39 is 0 Å². The number of hydrogen-bond acceptors (Lipinski definition) is 7. The van der Waals surface area contributed by atoms with Crippen LogP contribution in [0.25, 0.3) is 17.1 Å². The van der Waals surface area contributed by atoms with Gasteiger partial charge in [-0.15, -0.1) is 21.5 Å². The number of nitrogens with zero attached hydrogens (tertiary/aromatic N) is 6. The maximum atomic E-state index is 12.6. The summed E-state index contributed by atoms with van der Waals surface area (Å²) in [6, 6.07) is 12.2. The van der Waals surface area contributed by atoms with Gasteiger partial charge in [0.25, 0.3) is 5.91 Å². The number of benzene rings is 1. The number of amides is 1. The quantitative estimate of drug-likeness (QED) is 0.389. The molecule has 5 rings (SSSR count). The summed E-state index contributed by atoms with van der Waals surface area (Å²) in [7, 11) is 0. The van der Waals surface area contributed by atoms with E-state index in [9.17, 15) is 4.79 Å². The van der Waals surface area contributed by atoms with Crippen LogP contribution < -0.4 is 0 Å². The van der Waals surface area contributed by atoms with Gasteiger partial charge in [0, 0.05) is 42.1 Å². The van der Waals surface area contributed by atoms with Crippen molar-refractivity contribution in [2.75, 3.05) is 13.1 Å². The van der Waals surface area contributed by atoms with Gasteiger partial charge in [0.15, 0.2) is 11.0 Å². The van der Waals surface area contributed by atoms with Crippen molar-refractivity contribution in [3.8, 4) is 17.1 Å². The molecule has 9 heteroatoms. The van der Waals surface area contributed by atoms with Crippen molar-refractivity contribution in [2.45, 2.75) is 30.7 Å². The zero-order chi connectivity index (χ0) is 21.9. The fourth-order valence-corrected chi connectivity index (χ4v) is 5.40. The number of rotatable bonds is 6. The van der Waals surface area contributed by atoms with E-state index in [-0.39, 0.29) is 5.91 Å². The Kier molecular flexibility index (Phi) is 6.00. The third-order valence-corrected chi connectivity index (χ3v) is 7.32. The SMILES string of the molecule is Cc1ccc(-n2c(SCc3nc(C(=O)N4CCCC4)cs3)nnc2-c2ccncc2)cc1. The van der Waals surface area contributed by atoms with Gasteiger partial charge in [0.2, 0.25) is 0 Å². The van der Waals surface area contributed by atoms with Crippen LogP contribution in [0.1, 0.15) is 33.9 Å². The third kappa shape index (κ3) is 4.31. The van der Waals surface area contributed by atoms with Crippen LogP contribution in [0.2, 0.25) is 0 Å². The van der Waals surface area contributed by atoms with Gasteiger partial charge in [-0.05, 0) is 44.0 Å². The summed E-state index contributed by atoms with van der Waals surface area (Å²) in [5.74, 6) is 1.43. The molecule has 0 unspecified atom stereocenters. The normalized spacial score (nSPS) is 13.6. The Morgan fingerprint density at radius 2 is 1.81 bits per heavy atom. The Balaban J connectivity index is 1.40. The molecule has 0 atom stereocenters. The Labute approximate surface area is 194 Å². The molecule has 0 N–H and O–H groups in total. The molecule has 4 aromatic rings. The molecule has 0 radical (unpaired) electrons. The van der Waals surface area contributed by atoms with E-state index in [1.54, 1.807) is 24.2 Å². The number of pyridine rings is 1. The number of carbonyl (C=O) groups excluding carboxylic acids is 1. The molecule has 3 aromatic heterocycles. The predicted octanol–water partition coefficient (Wildman–Crippen LogP) is 4.62. The second-order valence-corrected chi connectivity index (χ2v) is 9.51. The minimum absolute atomic E-state index is 0.0396. The highest BCUT2D eigenvalue weighted by atomic mass is 32.2. The van der Waals surface area contributed by atoms with Crippen LogP contribution >= 0.6 is 23.1 Å². The molecule has 4 heterocycles. The van der Waals surface area contributed by atoms with Crippen LogP contribution in [0.15, 0.2) is 59.3 Å². The van der Waals surface area contributed by atoms with Gasteiger partial charge in [-0.25, -0.2) is 4.98 Å². The highest BCUT2D eigenvalue weighted by Gasteiger charge is 2.22. The maximum Gasteiger partial charge on any atom is 0.273 e. The fourth-order valence-electron chi connectivity index (χ4n) is 3.66. The molecule has 1 aliphatic heterocycles. The molecule has 1 amide bonds. The predicted molar refractivity (Wildman–Crippen MR) is 126 cm³/mol. The molecule has 1 fully saturated rings. The Morgan fingerprint density at radius 1 is 1.06 bits per heavy atom. The van der Waals surface area contributed by atoms with Crippen LogP contribution in [0.3, 0.4) is 0 Å². The van der Waals surface area contributed by atoms with Gasteiger partial charge < -0.3 is 4.90 Å². The first-order valence-electron chi connectivity index (χ1n) is 10.5. The van der Waals surface area contributed by atoms with Crippen LogP contribution in [-0.4, -0.2) is 48.6 Å². The van der Waals surface area contributed by atoms with Crippen molar-refractivity contribution in [3.05, 3.63) is 70.4 Å². The standard InChI is InChI=1S/C23H22N6OS2/c1-16-4-6-18(7-5-16)29-21(17-8-10-24-11-9-17)26-27-23(29)32-15-20-25-19(14-31-20)22(30)28-12-2-3-13-28/h4-11,14H,2-3,12-13,15H2,1H3. The molecular formula is C23H22N6OS2. The first-order valence-corrected chi connectivity index (χ1v) is 12.3. The number of likely N-dealkylation sites (tertiary alicyclic amines) is 1. The fraction of sp³-hybridized carbons (Fsp3) is 0.261. The number of thiazole rings is 1. The minimum Gasteiger partial charge on any atom is -0.337 e. The van der Waals surface area contributed by atoms with E-state index in [2.05, 4.69) is 55.9 Å². The summed E-state index contributed by atoms with van der Waals surface area (Å²) in [6.07, 6.45) is 5.66. The Bertz CT molecular complexity index is 1210. The molecule has 0 saturated carbocycles. The van der Waals surface area contributed by atoms with Crippen molar-refractivity contribution in [3.63, 3.8) is 0 Å². The largest absolute Gasteiger partial charge is 0.337 e. The van der Waals surface area contributed by atoms with Crippen molar-refractivity contribution in [1.82, 2.24) is 29.6 Å². The molecule has 32 heavy (non-hydrogen) atoms. The van der Waals surface area contributed by atoms with E-state index >= 15 is 0 Å². The molecule has 0 aliphatic carbocycles. The summed E-state index contributed by atoms with van der Waals surface area (Å²) >= 11 is 3.09. The molecule has 0 spiro atoms. The van der Waals surface area contributed by atoms with Gasteiger partial charge in [0.1, 0.15) is 10.7 Å². The summed E-state index contributed by atoms with van der Waals surface area (Å²) in [4.78, 5) is 23.2. The zero-order valence-electron chi connectivity index (χ0n) is 17.6. The molecule has 0 bridgehead atoms. The van der Waals surface area contributed by atoms with E-state index in [0.29, 0.717) is 11.4 Å². The summed E-state index contributed by atoms with van der Waals surface area (Å²) < 4.78 is 2.06. The van der Waals surface area contributed by atoms with E-state index in [1.807, 2.05) is 22.4 Å².